The van der Waals surface area contributed by atoms with Gasteiger partial charge in [-0.05, 0) is 51.1 Å². The third-order valence-electron chi connectivity index (χ3n) is 5.02. The summed E-state index contributed by atoms with van der Waals surface area (Å²) in [6.45, 7) is 9.78. The molecule has 5 nitrogen and oxygen atoms in total. The Hall–Kier alpha value is -1.10. The minimum absolute atomic E-state index is 0.0152. The molecule has 2 aliphatic rings. The molecular formula is C16H29N3O2. The summed E-state index contributed by atoms with van der Waals surface area (Å²) in [5, 5.41) is 0. The maximum Gasteiger partial charge on any atom is 0.239 e. The largest absolute Gasteiger partial charge is 0.369 e. The Morgan fingerprint density at radius 3 is 2.10 bits per heavy atom. The zero-order valence-corrected chi connectivity index (χ0v) is 13.5. The van der Waals surface area contributed by atoms with Crippen molar-refractivity contribution < 1.29 is 9.59 Å². The zero-order chi connectivity index (χ0) is 15.6. The van der Waals surface area contributed by atoms with Crippen LogP contribution in [0.25, 0.3) is 0 Å². The van der Waals surface area contributed by atoms with Crippen molar-refractivity contribution in [3.63, 3.8) is 0 Å². The molecule has 5 heteroatoms. The fourth-order valence-corrected chi connectivity index (χ4v) is 3.83. The Kier molecular flexibility index (Phi) is 5.25. The molecule has 0 bridgehead atoms. The summed E-state index contributed by atoms with van der Waals surface area (Å²) in [5.74, 6) is 1.20. The molecule has 2 amide bonds. The summed E-state index contributed by atoms with van der Waals surface area (Å²) in [4.78, 5) is 28.1. The van der Waals surface area contributed by atoms with E-state index in [0.717, 1.165) is 39.0 Å². The van der Waals surface area contributed by atoms with Gasteiger partial charge in [0, 0.05) is 19.0 Å². The van der Waals surface area contributed by atoms with E-state index in [0.29, 0.717) is 11.8 Å². The Balaban J connectivity index is 1.89. The van der Waals surface area contributed by atoms with Crippen LogP contribution in [0.15, 0.2) is 0 Å². The minimum Gasteiger partial charge on any atom is -0.369 e. The molecule has 0 unspecified atom stereocenters. The first-order chi connectivity index (χ1) is 9.88. The van der Waals surface area contributed by atoms with Crippen molar-refractivity contribution in [2.24, 2.45) is 23.5 Å². The van der Waals surface area contributed by atoms with Gasteiger partial charge in [-0.25, -0.2) is 0 Å². The Bertz CT molecular complexity index is 381. The lowest BCUT2D eigenvalue weighted by atomic mass is 9.91. The first-order valence-corrected chi connectivity index (χ1v) is 8.20. The van der Waals surface area contributed by atoms with E-state index in [2.05, 4.69) is 18.7 Å². The second-order valence-electron chi connectivity index (χ2n) is 7.08. The Labute approximate surface area is 127 Å². The Morgan fingerprint density at radius 2 is 1.62 bits per heavy atom. The van der Waals surface area contributed by atoms with Crippen molar-refractivity contribution in [3.05, 3.63) is 0 Å². The van der Waals surface area contributed by atoms with Gasteiger partial charge in [0.25, 0.3) is 0 Å². The highest BCUT2D eigenvalue weighted by molar-refractivity contribution is 5.81. The third-order valence-corrected chi connectivity index (χ3v) is 5.02. The molecule has 120 valence electrons. The number of amides is 2. The van der Waals surface area contributed by atoms with E-state index in [1.807, 2.05) is 11.8 Å². The summed E-state index contributed by atoms with van der Waals surface area (Å²) >= 11 is 0. The quantitative estimate of drug-likeness (QED) is 0.847. The van der Waals surface area contributed by atoms with Gasteiger partial charge in [-0.1, -0.05) is 13.8 Å². The van der Waals surface area contributed by atoms with E-state index in [9.17, 15) is 9.59 Å². The standard InChI is InChI=1S/C16H29N3O2/c1-11-8-12(2)10-19(9-11)16(21)13(3)18-6-4-14(5-7-18)15(17)20/h11-14H,4-10H2,1-3H3,(H2,17,20)/t11-,12+,13-/m1/s1. The molecule has 0 aromatic heterocycles. The van der Waals surface area contributed by atoms with Crippen LogP contribution in [0.3, 0.4) is 0 Å². The van der Waals surface area contributed by atoms with Crippen LogP contribution in [-0.2, 0) is 9.59 Å². The normalized spacial score (nSPS) is 30.1. The van der Waals surface area contributed by atoms with Gasteiger partial charge in [-0.2, -0.15) is 0 Å². The van der Waals surface area contributed by atoms with Gasteiger partial charge in [-0.3, -0.25) is 14.5 Å². The minimum atomic E-state index is -0.202. The fourth-order valence-electron chi connectivity index (χ4n) is 3.83. The second-order valence-corrected chi connectivity index (χ2v) is 7.08. The predicted molar refractivity (Wildman–Crippen MR) is 82.5 cm³/mol. The van der Waals surface area contributed by atoms with Crippen molar-refractivity contribution in [3.8, 4) is 0 Å². The molecular weight excluding hydrogens is 266 g/mol. The van der Waals surface area contributed by atoms with Crippen molar-refractivity contribution in [2.45, 2.75) is 46.1 Å². The fraction of sp³-hybridized carbons (Fsp3) is 0.875. The summed E-state index contributed by atoms with van der Waals surface area (Å²) in [7, 11) is 0. The van der Waals surface area contributed by atoms with Gasteiger partial charge in [0.05, 0.1) is 6.04 Å². The van der Waals surface area contributed by atoms with E-state index in [4.69, 9.17) is 5.73 Å². The number of carbonyl (C=O) groups is 2. The van der Waals surface area contributed by atoms with Crippen molar-refractivity contribution in [1.82, 2.24) is 9.80 Å². The number of hydrogen-bond acceptors (Lipinski definition) is 3. The summed E-state index contributed by atoms with van der Waals surface area (Å²) in [6.07, 6.45) is 2.77. The number of rotatable bonds is 3. The molecule has 0 aromatic carbocycles. The lowest BCUT2D eigenvalue weighted by molar-refractivity contribution is -0.139. The monoisotopic (exact) mass is 295 g/mol. The molecule has 0 aliphatic carbocycles. The third kappa shape index (κ3) is 3.96. The number of carbonyl (C=O) groups excluding carboxylic acids is 2. The van der Waals surface area contributed by atoms with Crippen LogP contribution in [0, 0.1) is 17.8 Å². The van der Waals surface area contributed by atoms with Gasteiger partial charge in [0.2, 0.25) is 11.8 Å². The average molecular weight is 295 g/mol. The number of piperidine rings is 2. The highest BCUT2D eigenvalue weighted by Crippen LogP contribution is 2.24. The molecule has 0 aromatic rings. The van der Waals surface area contributed by atoms with Crippen molar-refractivity contribution in [1.29, 1.82) is 0 Å². The molecule has 0 spiro atoms. The molecule has 2 rings (SSSR count). The van der Waals surface area contributed by atoms with Crippen LogP contribution in [0.5, 0.6) is 0 Å². The van der Waals surface area contributed by atoms with Gasteiger partial charge in [0.15, 0.2) is 0 Å². The van der Waals surface area contributed by atoms with E-state index < -0.39 is 0 Å². The van der Waals surface area contributed by atoms with E-state index in [1.165, 1.54) is 6.42 Å². The molecule has 2 heterocycles. The lowest BCUT2D eigenvalue weighted by Gasteiger charge is -2.40. The predicted octanol–water partition coefficient (Wildman–Crippen LogP) is 1.08. The summed E-state index contributed by atoms with van der Waals surface area (Å²) < 4.78 is 0. The molecule has 2 saturated heterocycles. The van der Waals surface area contributed by atoms with Gasteiger partial charge < -0.3 is 10.6 Å². The summed E-state index contributed by atoms with van der Waals surface area (Å²) in [6, 6.07) is -0.0867. The van der Waals surface area contributed by atoms with Crippen LogP contribution >= 0.6 is 0 Å². The highest BCUT2D eigenvalue weighted by atomic mass is 16.2. The molecule has 0 saturated carbocycles. The highest BCUT2D eigenvalue weighted by Gasteiger charge is 2.33. The second kappa shape index (κ2) is 6.77. The number of nitrogens with two attached hydrogens (primary N) is 1. The van der Waals surface area contributed by atoms with Gasteiger partial charge >= 0.3 is 0 Å². The first kappa shape index (κ1) is 16.3. The van der Waals surface area contributed by atoms with E-state index >= 15 is 0 Å². The van der Waals surface area contributed by atoms with Gasteiger partial charge in [-0.15, -0.1) is 0 Å². The molecule has 2 fully saturated rings. The summed E-state index contributed by atoms with van der Waals surface area (Å²) in [5.41, 5.74) is 5.36. The van der Waals surface area contributed by atoms with Crippen molar-refractivity contribution in [2.75, 3.05) is 26.2 Å². The molecule has 2 N–H and O–H groups in total. The molecule has 0 radical (unpaired) electrons. The maximum atomic E-state index is 12.7. The van der Waals surface area contributed by atoms with Crippen LogP contribution in [0.1, 0.15) is 40.0 Å². The van der Waals surface area contributed by atoms with Gasteiger partial charge in [0.1, 0.15) is 0 Å². The van der Waals surface area contributed by atoms with Crippen LogP contribution in [-0.4, -0.2) is 53.8 Å². The van der Waals surface area contributed by atoms with Crippen LogP contribution in [0.2, 0.25) is 0 Å². The smallest absolute Gasteiger partial charge is 0.239 e. The number of nitrogens with zero attached hydrogens (tertiary/aromatic N) is 2. The first-order valence-electron chi connectivity index (χ1n) is 8.20. The van der Waals surface area contributed by atoms with Crippen molar-refractivity contribution >= 4 is 11.8 Å². The zero-order valence-electron chi connectivity index (χ0n) is 13.5. The molecule has 3 atom stereocenters. The van der Waals surface area contributed by atoms with Crippen LogP contribution < -0.4 is 5.73 Å². The molecule has 2 aliphatic heterocycles. The van der Waals surface area contributed by atoms with E-state index in [1.54, 1.807) is 0 Å². The number of hydrogen-bond donors (Lipinski definition) is 1. The van der Waals surface area contributed by atoms with Crippen LogP contribution in [0.4, 0.5) is 0 Å². The number of primary amides is 1. The topological polar surface area (TPSA) is 66.6 Å². The lowest BCUT2D eigenvalue weighted by Crippen LogP contribution is -2.53. The Morgan fingerprint density at radius 1 is 1.10 bits per heavy atom. The number of likely N-dealkylation sites (tertiary alicyclic amines) is 2. The molecule has 21 heavy (non-hydrogen) atoms. The average Bonchev–Trinajstić information content (AvgIpc) is 2.44. The SMILES string of the molecule is C[C@@H]1C[C@H](C)CN(C(=O)[C@@H](C)N2CCC(C(N)=O)CC2)C1. The van der Waals surface area contributed by atoms with E-state index in [-0.39, 0.29) is 23.8 Å². The maximum absolute atomic E-state index is 12.7.